The van der Waals surface area contributed by atoms with Crippen molar-refractivity contribution in [1.82, 2.24) is 5.32 Å². The van der Waals surface area contributed by atoms with E-state index < -0.39 is 23.8 Å². The molecule has 0 saturated heterocycles. The molecule has 0 spiro atoms. The molecule has 2 aromatic carbocycles. The summed E-state index contributed by atoms with van der Waals surface area (Å²) in [5, 5.41) is 2.82. The van der Waals surface area contributed by atoms with Crippen LogP contribution in [0.4, 0.5) is 14.9 Å². The molecule has 0 bridgehead atoms. The number of nitrogens with zero attached hydrogens (tertiary/aromatic N) is 1. The second-order valence-electron chi connectivity index (χ2n) is 6.06. The summed E-state index contributed by atoms with van der Waals surface area (Å²) in [5.41, 5.74) is 6.27. The van der Waals surface area contributed by atoms with Crippen LogP contribution < -0.4 is 20.7 Å². The van der Waals surface area contributed by atoms with Crippen molar-refractivity contribution < 1.29 is 18.7 Å². The lowest BCUT2D eigenvalue weighted by Gasteiger charge is -2.35. The van der Waals surface area contributed by atoms with Gasteiger partial charge in [0.25, 0.3) is 0 Å². The monoisotopic (exact) mass is 423 g/mol. The van der Waals surface area contributed by atoms with Crippen molar-refractivity contribution in [2.75, 3.05) is 11.4 Å². The fraction of sp³-hybridized carbons (Fsp3) is 0.158. The number of carbonyl (C=O) groups excluding carboxylic acids is 2. The normalized spacial score (nSPS) is 15.8. The average Bonchev–Trinajstić information content (AvgIpc) is 2.63. The van der Waals surface area contributed by atoms with E-state index in [4.69, 9.17) is 33.7 Å². The predicted molar refractivity (Wildman–Crippen MR) is 106 cm³/mol. The number of urea groups is 1. The van der Waals surface area contributed by atoms with E-state index in [2.05, 4.69) is 11.9 Å². The third kappa shape index (κ3) is 3.90. The minimum atomic E-state index is -0.836. The first-order valence-electron chi connectivity index (χ1n) is 8.24. The van der Waals surface area contributed by atoms with Crippen LogP contribution in [0, 0.1) is 5.82 Å². The number of hydrogen-bond acceptors (Lipinski definition) is 3. The molecule has 1 atom stereocenters. The third-order valence-corrected chi connectivity index (χ3v) is 4.77. The van der Waals surface area contributed by atoms with Gasteiger partial charge in [-0.1, -0.05) is 35.3 Å². The molecule has 1 aliphatic rings. The Kier molecular flexibility index (Phi) is 5.76. The van der Waals surface area contributed by atoms with Gasteiger partial charge in [-0.3, -0.25) is 4.79 Å². The van der Waals surface area contributed by atoms with Gasteiger partial charge >= 0.3 is 6.03 Å². The van der Waals surface area contributed by atoms with Gasteiger partial charge in [-0.15, -0.1) is 6.58 Å². The zero-order valence-electron chi connectivity index (χ0n) is 14.5. The van der Waals surface area contributed by atoms with E-state index in [0.717, 1.165) is 6.07 Å². The fourth-order valence-electron chi connectivity index (χ4n) is 3.01. The molecule has 0 unspecified atom stereocenters. The number of rotatable bonds is 5. The summed E-state index contributed by atoms with van der Waals surface area (Å²) >= 11 is 12.4. The highest BCUT2D eigenvalue weighted by Gasteiger charge is 2.36. The lowest BCUT2D eigenvalue weighted by molar-refractivity contribution is -0.120. The number of benzene rings is 2. The standard InChI is InChI=1S/C19H16Cl2FN3O3/c1-2-7-25-16-10(8-14(18(25)26)24-19(23)27)3-5-13(21)17(16)28-15-9-11(22)4-6-12(15)20/h2-6,9,14H,1,7-8H2,(H3,23,24,27)/t14-/m1/s1. The van der Waals surface area contributed by atoms with Crippen molar-refractivity contribution in [3.8, 4) is 11.5 Å². The average molecular weight is 424 g/mol. The number of nitrogens with two attached hydrogens (primary N) is 1. The number of amides is 3. The Hall–Kier alpha value is -2.77. The number of carbonyl (C=O) groups is 2. The van der Waals surface area contributed by atoms with Crippen LogP contribution in [-0.4, -0.2) is 24.5 Å². The molecule has 0 aromatic heterocycles. The van der Waals surface area contributed by atoms with Crippen LogP contribution in [0.15, 0.2) is 43.0 Å². The molecule has 2 aromatic rings. The molecule has 1 aliphatic heterocycles. The van der Waals surface area contributed by atoms with E-state index in [1.165, 1.54) is 23.1 Å². The maximum atomic E-state index is 13.6. The molecule has 9 heteroatoms. The molecule has 3 N–H and O–H groups in total. The quantitative estimate of drug-likeness (QED) is 0.711. The Morgan fingerprint density at radius 3 is 2.75 bits per heavy atom. The van der Waals surface area contributed by atoms with Crippen molar-refractivity contribution in [2.45, 2.75) is 12.5 Å². The highest BCUT2D eigenvalue weighted by atomic mass is 35.5. The fourth-order valence-corrected chi connectivity index (χ4v) is 3.36. The second-order valence-corrected chi connectivity index (χ2v) is 6.88. The second kappa shape index (κ2) is 8.08. The van der Waals surface area contributed by atoms with Crippen LogP contribution in [0.3, 0.4) is 0 Å². The maximum absolute atomic E-state index is 13.6. The van der Waals surface area contributed by atoms with Crippen LogP contribution in [0.25, 0.3) is 0 Å². The van der Waals surface area contributed by atoms with Crippen LogP contribution in [0.2, 0.25) is 10.0 Å². The van der Waals surface area contributed by atoms with Crippen molar-refractivity contribution in [3.05, 3.63) is 64.4 Å². The lowest BCUT2D eigenvalue weighted by Crippen LogP contribution is -2.54. The van der Waals surface area contributed by atoms with E-state index in [1.807, 2.05) is 0 Å². The summed E-state index contributed by atoms with van der Waals surface area (Å²) in [6.07, 6.45) is 1.71. The molecule has 3 amide bonds. The van der Waals surface area contributed by atoms with Gasteiger partial charge in [0.1, 0.15) is 17.6 Å². The summed E-state index contributed by atoms with van der Waals surface area (Å²) in [6.45, 7) is 3.79. The van der Waals surface area contributed by atoms with Gasteiger partial charge in [0, 0.05) is 19.0 Å². The van der Waals surface area contributed by atoms with E-state index in [-0.39, 0.29) is 34.5 Å². The Bertz CT molecular complexity index is 968. The van der Waals surface area contributed by atoms with Crippen molar-refractivity contribution >= 4 is 40.8 Å². The zero-order chi connectivity index (χ0) is 20.4. The summed E-state index contributed by atoms with van der Waals surface area (Å²) in [5.74, 6) is -0.728. The number of anilines is 1. The molecule has 0 aliphatic carbocycles. The van der Waals surface area contributed by atoms with Gasteiger partial charge in [-0.2, -0.15) is 0 Å². The smallest absolute Gasteiger partial charge is 0.312 e. The lowest BCUT2D eigenvalue weighted by atomic mass is 9.96. The zero-order valence-corrected chi connectivity index (χ0v) is 16.1. The number of hydrogen-bond donors (Lipinski definition) is 2. The summed E-state index contributed by atoms with van der Waals surface area (Å²) in [6, 6.07) is 5.34. The number of halogens is 3. The molecule has 0 radical (unpaired) electrons. The van der Waals surface area contributed by atoms with E-state index >= 15 is 0 Å². The highest BCUT2D eigenvalue weighted by Crippen LogP contribution is 2.45. The molecular weight excluding hydrogens is 408 g/mol. The van der Waals surface area contributed by atoms with Crippen LogP contribution >= 0.6 is 23.2 Å². The molecule has 146 valence electrons. The van der Waals surface area contributed by atoms with Crippen molar-refractivity contribution in [1.29, 1.82) is 0 Å². The molecule has 0 fully saturated rings. The summed E-state index contributed by atoms with van der Waals surface area (Å²) in [4.78, 5) is 25.5. The molecule has 3 rings (SSSR count). The molecular formula is C19H16Cl2FN3O3. The first-order valence-corrected chi connectivity index (χ1v) is 9.00. The third-order valence-electron chi connectivity index (χ3n) is 4.16. The van der Waals surface area contributed by atoms with Gasteiger partial charge in [-0.05, 0) is 23.8 Å². The van der Waals surface area contributed by atoms with Gasteiger partial charge in [-0.25, -0.2) is 9.18 Å². The van der Waals surface area contributed by atoms with Gasteiger partial charge in [0.05, 0.1) is 15.7 Å². The first kappa shape index (κ1) is 20.0. The van der Waals surface area contributed by atoms with Gasteiger partial charge < -0.3 is 20.7 Å². The maximum Gasteiger partial charge on any atom is 0.312 e. The van der Waals surface area contributed by atoms with Crippen molar-refractivity contribution in [3.63, 3.8) is 0 Å². The molecule has 6 nitrogen and oxygen atoms in total. The number of primary amides is 1. The summed E-state index contributed by atoms with van der Waals surface area (Å²) < 4.78 is 19.4. The van der Waals surface area contributed by atoms with Crippen molar-refractivity contribution in [2.24, 2.45) is 5.73 Å². The Morgan fingerprint density at radius 2 is 2.07 bits per heavy atom. The Labute approximate surface area is 170 Å². The predicted octanol–water partition coefficient (Wildman–Crippen LogP) is 4.04. The highest BCUT2D eigenvalue weighted by molar-refractivity contribution is 6.33. The minimum Gasteiger partial charge on any atom is -0.452 e. The summed E-state index contributed by atoms with van der Waals surface area (Å²) in [7, 11) is 0. The number of ether oxygens (including phenoxy) is 1. The first-order chi connectivity index (χ1) is 13.3. The van der Waals surface area contributed by atoms with Gasteiger partial charge in [0.15, 0.2) is 5.75 Å². The largest absolute Gasteiger partial charge is 0.452 e. The topological polar surface area (TPSA) is 84.7 Å². The van der Waals surface area contributed by atoms with Crippen LogP contribution in [0.1, 0.15) is 5.56 Å². The molecule has 0 saturated carbocycles. The van der Waals surface area contributed by atoms with E-state index in [9.17, 15) is 14.0 Å². The van der Waals surface area contributed by atoms with Gasteiger partial charge in [0.2, 0.25) is 5.91 Å². The molecule has 28 heavy (non-hydrogen) atoms. The Morgan fingerprint density at radius 1 is 1.36 bits per heavy atom. The van der Waals surface area contributed by atoms with E-state index in [1.54, 1.807) is 12.1 Å². The number of fused-ring (bicyclic) bond motifs is 1. The van der Waals surface area contributed by atoms with E-state index in [0.29, 0.717) is 11.3 Å². The molecule has 1 heterocycles. The Balaban J connectivity index is 2.11. The number of nitrogens with one attached hydrogen (secondary N) is 1. The minimum absolute atomic E-state index is 0.0559. The SMILES string of the molecule is C=CCN1C(=O)[C@H](NC(N)=O)Cc2ccc(Cl)c(Oc3cc(F)ccc3Cl)c21. The van der Waals surface area contributed by atoms with Crippen LogP contribution in [0.5, 0.6) is 11.5 Å². The van der Waals surface area contributed by atoms with Crippen LogP contribution in [-0.2, 0) is 11.2 Å².